The Morgan fingerprint density at radius 3 is 1.84 bits per heavy atom. The van der Waals surface area contributed by atoms with Crippen LogP contribution < -0.4 is 0 Å². The Hall–Kier alpha value is -7.76. The summed E-state index contributed by atoms with van der Waals surface area (Å²) in [5.74, 6) is 0.636. The van der Waals surface area contributed by atoms with E-state index in [9.17, 15) is 0 Å². The number of para-hydroxylation sites is 5. The average Bonchev–Trinajstić information content (AvgIpc) is 3.94. The molecule has 4 heterocycles. The van der Waals surface area contributed by atoms with Crippen LogP contribution in [0, 0.1) is 0 Å². The highest BCUT2D eigenvalue weighted by molar-refractivity contribution is 6.13. The molecule has 0 aliphatic heterocycles. The monoisotopic (exact) mass is 728 g/mol. The summed E-state index contributed by atoms with van der Waals surface area (Å²) in [6.45, 7) is 0. The molecule has 0 unspecified atom stereocenters. The highest BCUT2D eigenvalue weighted by Gasteiger charge is 2.18. The van der Waals surface area contributed by atoms with Crippen molar-refractivity contribution in [3.8, 4) is 45.1 Å². The predicted molar refractivity (Wildman–Crippen MR) is 234 cm³/mol. The van der Waals surface area contributed by atoms with Crippen molar-refractivity contribution in [3.05, 3.63) is 194 Å². The van der Waals surface area contributed by atoms with Gasteiger partial charge in [0, 0.05) is 55.3 Å². The van der Waals surface area contributed by atoms with Crippen molar-refractivity contribution in [2.45, 2.75) is 0 Å². The molecule has 4 aromatic heterocycles. The molecule has 0 spiro atoms. The Morgan fingerprint density at radius 2 is 1.00 bits per heavy atom. The van der Waals surface area contributed by atoms with Gasteiger partial charge in [-0.05, 0) is 71.3 Å². The van der Waals surface area contributed by atoms with Crippen molar-refractivity contribution in [1.82, 2.24) is 19.1 Å². The van der Waals surface area contributed by atoms with E-state index in [1.165, 1.54) is 27.4 Å². The molecule has 0 saturated heterocycles. The van der Waals surface area contributed by atoms with Crippen LogP contribution in [0.4, 0.5) is 0 Å². The molecule has 57 heavy (non-hydrogen) atoms. The SMILES string of the molecule is c1ccc(-n2c3ccccc3c3ccc(-c4ccc5c(c4)c4ccccc4n5-c4nccc(-c5ccc(-c6cccc7c6oc6ccccc67)cc5)n4)cc32)cc1. The Kier molecular flexibility index (Phi) is 6.86. The highest BCUT2D eigenvalue weighted by atomic mass is 16.3. The summed E-state index contributed by atoms with van der Waals surface area (Å²) in [5.41, 5.74) is 13.8. The number of aromatic nitrogens is 4. The summed E-state index contributed by atoms with van der Waals surface area (Å²) in [7, 11) is 0. The molecule has 5 nitrogen and oxygen atoms in total. The third-order valence-corrected chi connectivity index (χ3v) is 11.4. The van der Waals surface area contributed by atoms with Gasteiger partial charge in [-0.2, -0.15) is 0 Å². The molecule has 0 atom stereocenters. The maximum Gasteiger partial charge on any atom is 0.235 e. The van der Waals surface area contributed by atoms with Gasteiger partial charge < -0.3 is 8.98 Å². The van der Waals surface area contributed by atoms with Crippen LogP contribution in [0.1, 0.15) is 0 Å². The first-order valence-electron chi connectivity index (χ1n) is 19.2. The van der Waals surface area contributed by atoms with E-state index in [1.807, 2.05) is 24.4 Å². The minimum absolute atomic E-state index is 0.636. The molecule has 0 amide bonds. The molecule has 5 heteroatoms. The van der Waals surface area contributed by atoms with Crippen LogP contribution in [0.2, 0.25) is 0 Å². The summed E-state index contributed by atoms with van der Waals surface area (Å²) in [6.07, 6.45) is 1.86. The second kappa shape index (κ2) is 12.4. The van der Waals surface area contributed by atoms with Gasteiger partial charge in [0.25, 0.3) is 0 Å². The van der Waals surface area contributed by atoms with Gasteiger partial charge in [0.05, 0.1) is 27.8 Å². The average molecular weight is 729 g/mol. The van der Waals surface area contributed by atoms with E-state index >= 15 is 0 Å². The molecular formula is C52H32N4O. The van der Waals surface area contributed by atoms with Crippen LogP contribution in [0.15, 0.2) is 199 Å². The summed E-state index contributed by atoms with van der Waals surface area (Å²) >= 11 is 0. The molecule has 8 aromatic carbocycles. The van der Waals surface area contributed by atoms with E-state index in [-0.39, 0.29) is 0 Å². The lowest BCUT2D eigenvalue weighted by Gasteiger charge is -2.10. The maximum atomic E-state index is 6.34. The number of hydrogen-bond donors (Lipinski definition) is 0. The molecule has 0 bridgehead atoms. The molecule has 0 aliphatic rings. The third kappa shape index (κ3) is 4.89. The normalized spacial score (nSPS) is 11.9. The fourth-order valence-corrected chi connectivity index (χ4v) is 8.79. The van der Waals surface area contributed by atoms with Crippen molar-refractivity contribution in [1.29, 1.82) is 0 Å². The number of benzene rings is 8. The van der Waals surface area contributed by atoms with Crippen LogP contribution >= 0.6 is 0 Å². The molecule has 12 rings (SSSR count). The number of hydrogen-bond acceptors (Lipinski definition) is 3. The van der Waals surface area contributed by atoms with E-state index < -0.39 is 0 Å². The lowest BCUT2D eigenvalue weighted by atomic mass is 10.0. The largest absolute Gasteiger partial charge is 0.455 e. The summed E-state index contributed by atoms with van der Waals surface area (Å²) in [6, 6.07) is 66.5. The first kappa shape index (κ1) is 31.6. The van der Waals surface area contributed by atoms with Gasteiger partial charge in [-0.15, -0.1) is 0 Å². The number of rotatable bonds is 5. The Balaban J connectivity index is 0.946. The molecule has 0 N–H and O–H groups in total. The number of fused-ring (bicyclic) bond motifs is 9. The predicted octanol–water partition coefficient (Wildman–Crippen LogP) is 13.6. The first-order chi connectivity index (χ1) is 28.3. The van der Waals surface area contributed by atoms with Crippen LogP contribution in [0.3, 0.4) is 0 Å². The second-order valence-corrected chi connectivity index (χ2v) is 14.6. The van der Waals surface area contributed by atoms with E-state index in [2.05, 4.69) is 179 Å². The molecule has 0 saturated carbocycles. The van der Waals surface area contributed by atoms with Crippen molar-refractivity contribution in [2.24, 2.45) is 0 Å². The maximum absolute atomic E-state index is 6.34. The second-order valence-electron chi connectivity index (χ2n) is 14.6. The van der Waals surface area contributed by atoms with Crippen molar-refractivity contribution < 1.29 is 4.42 Å². The summed E-state index contributed by atoms with van der Waals surface area (Å²) in [4.78, 5) is 10.0. The van der Waals surface area contributed by atoms with Gasteiger partial charge in [0.15, 0.2) is 0 Å². The minimum atomic E-state index is 0.636. The van der Waals surface area contributed by atoms with Crippen molar-refractivity contribution in [3.63, 3.8) is 0 Å². The van der Waals surface area contributed by atoms with Gasteiger partial charge in [0.1, 0.15) is 11.2 Å². The van der Waals surface area contributed by atoms with E-state index in [4.69, 9.17) is 14.4 Å². The lowest BCUT2D eigenvalue weighted by molar-refractivity contribution is 0.670. The van der Waals surface area contributed by atoms with E-state index in [0.29, 0.717) is 5.95 Å². The van der Waals surface area contributed by atoms with Gasteiger partial charge in [-0.1, -0.05) is 133 Å². The lowest BCUT2D eigenvalue weighted by Crippen LogP contribution is -2.01. The minimum Gasteiger partial charge on any atom is -0.455 e. The molecule has 0 fully saturated rings. The molecule has 0 aliphatic carbocycles. The quantitative estimate of drug-likeness (QED) is 0.177. The van der Waals surface area contributed by atoms with Crippen LogP contribution in [0.5, 0.6) is 0 Å². The zero-order valence-electron chi connectivity index (χ0n) is 30.7. The fourth-order valence-electron chi connectivity index (χ4n) is 8.79. The number of furan rings is 1. The Bertz CT molecular complexity index is 3520. The van der Waals surface area contributed by atoms with Gasteiger partial charge in [-0.25, -0.2) is 9.97 Å². The Labute approximate surface area is 327 Å². The van der Waals surface area contributed by atoms with E-state index in [1.54, 1.807) is 0 Å². The fraction of sp³-hybridized carbons (Fsp3) is 0. The Morgan fingerprint density at radius 1 is 0.386 bits per heavy atom. The molecule has 266 valence electrons. The third-order valence-electron chi connectivity index (χ3n) is 11.4. The van der Waals surface area contributed by atoms with E-state index in [0.717, 1.165) is 77.4 Å². The van der Waals surface area contributed by atoms with Crippen molar-refractivity contribution >= 4 is 65.6 Å². The number of nitrogens with zero attached hydrogens (tertiary/aromatic N) is 4. The van der Waals surface area contributed by atoms with Crippen molar-refractivity contribution in [2.75, 3.05) is 0 Å². The van der Waals surface area contributed by atoms with Gasteiger partial charge in [-0.3, -0.25) is 4.57 Å². The first-order valence-corrected chi connectivity index (χ1v) is 19.2. The highest BCUT2D eigenvalue weighted by Crippen LogP contribution is 2.39. The summed E-state index contributed by atoms with van der Waals surface area (Å²) < 4.78 is 10.9. The zero-order valence-corrected chi connectivity index (χ0v) is 30.7. The smallest absolute Gasteiger partial charge is 0.235 e. The molecule has 12 aromatic rings. The van der Waals surface area contributed by atoms with Crippen LogP contribution in [-0.2, 0) is 0 Å². The van der Waals surface area contributed by atoms with Gasteiger partial charge >= 0.3 is 0 Å². The molecule has 0 radical (unpaired) electrons. The standard InChI is InChI=1S/C52H32N4O/c1-2-11-37(12-3-1)55-46-18-7-4-13-39(46)41-27-25-36(32-49(41)55)35-26-28-48-44(31-35)40-14-5-8-19-47(40)56(48)52-53-30-29-45(54-52)34-23-21-33(22-24-34)38-16-10-17-43-42-15-6-9-20-50(42)57-51(38)43/h1-32H. The topological polar surface area (TPSA) is 48.8 Å². The van der Waals surface area contributed by atoms with Gasteiger partial charge in [0.2, 0.25) is 5.95 Å². The molecular weight excluding hydrogens is 697 g/mol. The van der Waals surface area contributed by atoms with Crippen LogP contribution in [0.25, 0.3) is 111 Å². The zero-order chi connectivity index (χ0) is 37.5. The summed E-state index contributed by atoms with van der Waals surface area (Å²) in [5, 5.41) is 7.06. The van der Waals surface area contributed by atoms with Crippen LogP contribution in [-0.4, -0.2) is 19.1 Å².